The van der Waals surface area contributed by atoms with Crippen LogP contribution >= 0.6 is 11.3 Å². The molecule has 1 aliphatic rings. The molecule has 2 aromatic rings. The van der Waals surface area contributed by atoms with E-state index in [9.17, 15) is 22.8 Å². The molecule has 0 bridgehead atoms. The molecule has 2 aromatic heterocycles. The van der Waals surface area contributed by atoms with Crippen molar-refractivity contribution in [1.29, 1.82) is 0 Å². The van der Waals surface area contributed by atoms with Crippen LogP contribution in [-0.4, -0.2) is 41.3 Å². The standard InChI is InChI=1S/C19H22F3N3O2S/c1-12-13-6-7-14(19(20,21)22)24-18(13)28-16(12)17(27)23-9-8-15(26)25-10-4-2-3-5-11-25/h6-7H,2-5,8-11H2,1H3,(H,23,27). The number of halogens is 3. The lowest BCUT2D eigenvalue weighted by atomic mass is 10.1. The Kier molecular flexibility index (Phi) is 6.22. The molecule has 3 heterocycles. The molecular weight excluding hydrogens is 391 g/mol. The van der Waals surface area contributed by atoms with Gasteiger partial charge in [0.2, 0.25) is 5.91 Å². The van der Waals surface area contributed by atoms with Gasteiger partial charge in [0.05, 0.1) is 4.88 Å². The Morgan fingerprint density at radius 2 is 1.86 bits per heavy atom. The van der Waals surface area contributed by atoms with Gasteiger partial charge < -0.3 is 10.2 Å². The number of thiophene rings is 1. The molecule has 1 saturated heterocycles. The lowest BCUT2D eigenvalue weighted by Gasteiger charge is -2.20. The van der Waals surface area contributed by atoms with E-state index in [1.54, 1.807) is 6.92 Å². The maximum atomic E-state index is 12.8. The van der Waals surface area contributed by atoms with Crippen LogP contribution in [0.1, 0.15) is 53.0 Å². The zero-order valence-corrected chi connectivity index (χ0v) is 16.4. The van der Waals surface area contributed by atoms with E-state index in [0.29, 0.717) is 15.8 Å². The normalized spacial score (nSPS) is 15.5. The number of nitrogens with zero attached hydrogens (tertiary/aromatic N) is 2. The minimum atomic E-state index is -4.53. The molecule has 0 spiro atoms. The smallest absolute Gasteiger partial charge is 0.351 e. The van der Waals surface area contributed by atoms with Gasteiger partial charge >= 0.3 is 6.18 Å². The molecule has 2 amide bonds. The Bertz CT molecular complexity index is 871. The average molecular weight is 413 g/mol. The molecule has 0 aliphatic carbocycles. The topological polar surface area (TPSA) is 62.3 Å². The number of likely N-dealkylation sites (tertiary alicyclic amines) is 1. The fraction of sp³-hybridized carbons (Fsp3) is 0.526. The first-order valence-corrected chi connectivity index (χ1v) is 10.1. The molecule has 1 aliphatic heterocycles. The summed E-state index contributed by atoms with van der Waals surface area (Å²) >= 11 is 0.933. The van der Waals surface area contributed by atoms with Crippen LogP contribution in [0.15, 0.2) is 12.1 Å². The first-order valence-electron chi connectivity index (χ1n) is 9.30. The number of aromatic nitrogens is 1. The Morgan fingerprint density at radius 3 is 2.50 bits per heavy atom. The SMILES string of the molecule is Cc1c(C(=O)NCCC(=O)N2CCCCCC2)sc2nc(C(F)(F)F)ccc12. The maximum absolute atomic E-state index is 12.8. The highest BCUT2D eigenvalue weighted by Gasteiger charge is 2.33. The number of hydrogen-bond donors (Lipinski definition) is 1. The number of fused-ring (bicyclic) bond motifs is 1. The van der Waals surface area contributed by atoms with Crippen molar-refractivity contribution in [2.75, 3.05) is 19.6 Å². The Balaban J connectivity index is 1.63. The van der Waals surface area contributed by atoms with E-state index in [2.05, 4.69) is 10.3 Å². The van der Waals surface area contributed by atoms with Gasteiger partial charge in [0.15, 0.2) is 0 Å². The molecule has 0 aromatic carbocycles. The number of rotatable bonds is 4. The van der Waals surface area contributed by atoms with Crippen LogP contribution in [0.3, 0.4) is 0 Å². The largest absolute Gasteiger partial charge is 0.433 e. The third kappa shape index (κ3) is 4.63. The minimum absolute atomic E-state index is 0.0201. The molecule has 0 atom stereocenters. The number of pyridine rings is 1. The van der Waals surface area contributed by atoms with E-state index in [0.717, 1.165) is 56.2 Å². The summed E-state index contributed by atoms with van der Waals surface area (Å²) in [5.41, 5.74) is -0.381. The van der Waals surface area contributed by atoms with Gasteiger partial charge in [-0.3, -0.25) is 9.59 Å². The van der Waals surface area contributed by atoms with Crippen LogP contribution in [0.5, 0.6) is 0 Å². The van der Waals surface area contributed by atoms with E-state index in [4.69, 9.17) is 0 Å². The number of carbonyl (C=O) groups excluding carboxylic acids is 2. The van der Waals surface area contributed by atoms with Crippen molar-refractivity contribution in [1.82, 2.24) is 15.2 Å². The van der Waals surface area contributed by atoms with Crippen molar-refractivity contribution >= 4 is 33.4 Å². The van der Waals surface area contributed by atoms with Crippen LogP contribution in [-0.2, 0) is 11.0 Å². The monoisotopic (exact) mass is 413 g/mol. The van der Waals surface area contributed by atoms with Gasteiger partial charge in [-0.2, -0.15) is 13.2 Å². The summed E-state index contributed by atoms with van der Waals surface area (Å²) < 4.78 is 38.5. The van der Waals surface area contributed by atoms with Gasteiger partial charge in [-0.25, -0.2) is 4.98 Å². The highest BCUT2D eigenvalue weighted by atomic mass is 32.1. The molecule has 3 rings (SSSR count). The molecule has 9 heteroatoms. The lowest BCUT2D eigenvalue weighted by Crippen LogP contribution is -2.35. The summed E-state index contributed by atoms with van der Waals surface area (Å²) in [7, 11) is 0. The van der Waals surface area contributed by atoms with Crippen LogP contribution in [0.2, 0.25) is 0 Å². The highest BCUT2D eigenvalue weighted by Crippen LogP contribution is 2.34. The fourth-order valence-corrected chi connectivity index (χ4v) is 4.41. The predicted octanol–water partition coefficient (Wildman–Crippen LogP) is 4.15. The number of hydrogen-bond acceptors (Lipinski definition) is 4. The Hall–Kier alpha value is -2.16. The predicted molar refractivity (Wildman–Crippen MR) is 101 cm³/mol. The maximum Gasteiger partial charge on any atom is 0.433 e. The molecule has 1 fully saturated rings. The van der Waals surface area contributed by atoms with Crippen molar-refractivity contribution in [2.24, 2.45) is 0 Å². The Morgan fingerprint density at radius 1 is 1.18 bits per heavy atom. The zero-order chi connectivity index (χ0) is 20.3. The van der Waals surface area contributed by atoms with E-state index in [1.807, 2.05) is 4.90 Å². The van der Waals surface area contributed by atoms with Gasteiger partial charge in [0.1, 0.15) is 10.5 Å². The summed E-state index contributed by atoms with van der Waals surface area (Å²) in [6, 6.07) is 2.26. The molecule has 28 heavy (non-hydrogen) atoms. The van der Waals surface area contributed by atoms with Crippen molar-refractivity contribution in [3.05, 3.63) is 28.3 Å². The number of alkyl halides is 3. The minimum Gasteiger partial charge on any atom is -0.351 e. The third-order valence-electron chi connectivity index (χ3n) is 4.88. The van der Waals surface area contributed by atoms with Gasteiger partial charge in [-0.05, 0) is 37.5 Å². The molecule has 1 N–H and O–H groups in total. The Labute approximate surface area is 164 Å². The van der Waals surface area contributed by atoms with E-state index < -0.39 is 17.8 Å². The van der Waals surface area contributed by atoms with Gasteiger partial charge in [-0.1, -0.05) is 12.8 Å². The first-order chi connectivity index (χ1) is 13.3. The quantitative estimate of drug-likeness (QED) is 0.819. The number of aryl methyl sites for hydroxylation is 1. The summed E-state index contributed by atoms with van der Waals surface area (Å²) in [5.74, 6) is -0.371. The van der Waals surface area contributed by atoms with Crippen LogP contribution in [0, 0.1) is 6.92 Å². The van der Waals surface area contributed by atoms with Crippen LogP contribution in [0.25, 0.3) is 10.2 Å². The van der Waals surface area contributed by atoms with Gasteiger partial charge in [-0.15, -0.1) is 11.3 Å². The number of nitrogens with one attached hydrogen (secondary N) is 1. The van der Waals surface area contributed by atoms with Crippen LogP contribution in [0.4, 0.5) is 13.2 Å². The van der Waals surface area contributed by atoms with Gasteiger partial charge in [0, 0.05) is 31.4 Å². The molecule has 0 unspecified atom stereocenters. The summed E-state index contributed by atoms with van der Waals surface area (Å²) in [4.78, 5) is 30.7. The van der Waals surface area contributed by atoms with Crippen molar-refractivity contribution < 1.29 is 22.8 Å². The molecule has 0 radical (unpaired) electrons. The molecule has 0 saturated carbocycles. The number of carbonyl (C=O) groups is 2. The summed E-state index contributed by atoms with van der Waals surface area (Å²) in [5, 5.41) is 3.24. The van der Waals surface area contributed by atoms with Crippen molar-refractivity contribution in [3.63, 3.8) is 0 Å². The number of amides is 2. The summed E-state index contributed by atoms with van der Waals surface area (Å²) in [6.45, 7) is 3.40. The van der Waals surface area contributed by atoms with E-state index >= 15 is 0 Å². The second kappa shape index (κ2) is 8.46. The highest BCUT2D eigenvalue weighted by molar-refractivity contribution is 7.20. The lowest BCUT2D eigenvalue weighted by molar-refractivity contribution is -0.141. The van der Waals surface area contributed by atoms with Gasteiger partial charge in [0.25, 0.3) is 5.91 Å². The van der Waals surface area contributed by atoms with E-state index in [1.165, 1.54) is 6.07 Å². The van der Waals surface area contributed by atoms with Crippen molar-refractivity contribution in [3.8, 4) is 0 Å². The first kappa shape index (κ1) is 20.6. The molecular formula is C19H22F3N3O2S. The fourth-order valence-electron chi connectivity index (χ4n) is 3.32. The van der Waals surface area contributed by atoms with E-state index in [-0.39, 0.29) is 23.7 Å². The molecule has 152 valence electrons. The van der Waals surface area contributed by atoms with Crippen molar-refractivity contribution in [2.45, 2.75) is 45.2 Å². The molecule has 5 nitrogen and oxygen atoms in total. The van der Waals surface area contributed by atoms with Crippen LogP contribution < -0.4 is 5.32 Å². The second-order valence-electron chi connectivity index (χ2n) is 6.90. The second-order valence-corrected chi connectivity index (χ2v) is 7.90. The third-order valence-corrected chi connectivity index (χ3v) is 6.08. The summed E-state index contributed by atoms with van der Waals surface area (Å²) in [6.07, 6.45) is -0.0298. The average Bonchev–Trinajstić information content (AvgIpc) is 2.82. The zero-order valence-electron chi connectivity index (χ0n) is 15.6.